The number of thiophene rings is 1. The molecule has 17 heteroatoms. The lowest BCUT2D eigenvalue weighted by molar-refractivity contribution is 1.19. The minimum absolute atomic E-state index is 1.21. The fourth-order valence-electron chi connectivity index (χ4n) is 12.1. The van der Waals surface area contributed by atoms with Crippen LogP contribution >= 0.6 is 11.3 Å². The molecule has 11 rings (SSSR count). The Morgan fingerprint density at radius 3 is 1.22 bits per heavy atom. The molecule has 3 heterocycles. The molecule has 65 heavy (non-hydrogen) atoms. The van der Waals surface area contributed by atoms with Gasteiger partial charge in [-0.1, -0.05) is 144 Å². The summed E-state index contributed by atoms with van der Waals surface area (Å²) in [6.07, 6.45) is 0. The molecular weight excluding hydrogens is 788 g/mol. The number of fused-ring (bicyclic) bond motifs is 9. The van der Waals surface area contributed by atoms with Gasteiger partial charge in [0.2, 0.25) is 0 Å². The summed E-state index contributed by atoms with van der Waals surface area (Å²) in [5.74, 6) is 0. The standard InChI is InChI=1S/C48H44B14N2S/c49-29-23(31(51)39(59)43-25(29)27-33(53)35(55)37(57)41(61)44(27)63(43)18-11-5-2-6-12-18)24-30(50)26-28-34(54)36(56)38(58)42(62)46(28)64(45(26)40(60)32(24)52)22-16-8-15-21-20-14-7-13-19(47(20)65-48(21)22)17-9-3-1-4-10-17/h1-16H,49-62H2. The highest BCUT2D eigenvalue weighted by Crippen LogP contribution is 2.43. The summed E-state index contributed by atoms with van der Waals surface area (Å²) >= 11 is 1.95. The first-order valence-corrected chi connectivity index (χ1v) is 24.1. The van der Waals surface area contributed by atoms with Crippen LogP contribution in [0.4, 0.5) is 0 Å². The Morgan fingerprint density at radius 1 is 0.308 bits per heavy atom. The second-order valence-electron chi connectivity index (χ2n) is 19.2. The van der Waals surface area contributed by atoms with Crippen molar-refractivity contribution in [1.82, 2.24) is 9.13 Å². The summed E-state index contributed by atoms with van der Waals surface area (Å²) in [6, 6.07) is 35.8. The van der Waals surface area contributed by atoms with Crippen molar-refractivity contribution >= 4 is 261 Å². The van der Waals surface area contributed by atoms with E-state index in [1.54, 1.807) is 0 Å². The Hall–Kier alpha value is -5.51. The van der Waals surface area contributed by atoms with Crippen LogP contribution in [0.2, 0.25) is 0 Å². The summed E-state index contributed by atoms with van der Waals surface area (Å²) < 4.78 is 7.93. The monoisotopic (exact) mass is 834 g/mol. The topological polar surface area (TPSA) is 9.86 Å². The predicted molar refractivity (Wildman–Crippen MR) is 333 cm³/mol. The second kappa shape index (κ2) is 15.0. The van der Waals surface area contributed by atoms with Crippen molar-refractivity contribution in [1.29, 1.82) is 0 Å². The normalized spacial score (nSPS) is 11.9. The van der Waals surface area contributed by atoms with Crippen LogP contribution in [0.3, 0.4) is 0 Å². The molecular formula is C48H44B14N2S. The van der Waals surface area contributed by atoms with E-state index >= 15 is 0 Å². The Morgan fingerprint density at radius 2 is 0.708 bits per heavy atom. The Labute approximate surface area is 398 Å². The quantitative estimate of drug-likeness (QED) is 0.156. The van der Waals surface area contributed by atoms with Crippen molar-refractivity contribution in [3.63, 3.8) is 0 Å². The van der Waals surface area contributed by atoms with Crippen LogP contribution in [-0.4, -0.2) is 119 Å². The molecule has 0 radical (unpaired) electrons. The maximum Gasteiger partial charge on any atom is 0.141 e. The van der Waals surface area contributed by atoms with E-state index in [1.807, 2.05) is 11.3 Å². The van der Waals surface area contributed by atoms with Crippen molar-refractivity contribution in [3.05, 3.63) is 97.1 Å². The number of rotatable bonds is 4. The van der Waals surface area contributed by atoms with E-state index in [-0.39, 0.29) is 0 Å². The van der Waals surface area contributed by atoms with Crippen LogP contribution in [0.25, 0.3) is 97.4 Å². The number of hydrogen-bond donors (Lipinski definition) is 0. The van der Waals surface area contributed by atoms with Gasteiger partial charge in [0.15, 0.2) is 0 Å². The molecule has 0 atom stereocenters. The van der Waals surface area contributed by atoms with E-state index < -0.39 is 0 Å². The van der Waals surface area contributed by atoms with Gasteiger partial charge in [-0.05, 0) is 51.2 Å². The Balaban J connectivity index is 1.30. The van der Waals surface area contributed by atoms with Crippen LogP contribution in [0, 0.1) is 0 Å². The zero-order valence-corrected chi connectivity index (χ0v) is 41.4. The van der Waals surface area contributed by atoms with Gasteiger partial charge in [-0.25, -0.2) is 0 Å². The predicted octanol–water partition coefficient (Wildman–Crippen LogP) is -10.8. The van der Waals surface area contributed by atoms with E-state index in [2.05, 4.69) is 216 Å². The molecule has 0 amide bonds. The van der Waals surface area contributed by atoms with E-state index in [0.29, 0.717) is 0 Å². The molecule has 3 aromatic heterocycles. The van der Waals surface area contributed by atoms with Gasteiger partial charge >= 0.3 is 0 Å². The summed E-state index contributed by atoms with van der Waals surface area (Å²) in [5.41, 5.74) is 32.3. The average Bonchev–Trinajstić information content (AvgIpc) is 4.01. The van der Waals surface area contributed by atoms with Gasteiger partial charge in [-0.2, -0.15) is 0 Å². The molecule has 0 saturated heterocycles. The van der Waals surface area contributed by atoms with Gasteiger partial charge in [0, 0.05) is 54.0 Å². The van der Waals surface area contributed by atoms with Crippen LogP contribution in [-0.2, 0) is 0 Å². The van der Waals surface area contributed by atoms with E-state index in [0.717, 1.165) is 0 Å². The van der Waals surface area contributed by atoms with Gasteiger partial charge < -0.3 is 9.13 Å². The lowest BCUT2D eigenvalue weighted by atomic mass is 9.61. The number of benzene rings is 8. The lowest BCUT2D eigenvalue weighted by Crippen LogP contribution is -2.48. The first-order valence-electron chi connectivity index (χ1n) is 23.3. The molecule has 8 aromatic carbocycles. The molecule has 2 nitrogen and oxygen atoms in total. The van der Waals surface area contributed by atoms with Gasteiger partial charge in [-0.15, -0.1) is 22.3 Å². The lowest BCUT2D eigenvalue weighted by Gasteiger charge is -2.24. The highest BCUT2D eigenvalue weighted by molar-refractivity contribution is 7.26. The minimum Gasteiger partial charge on any atom is -0.310 e. The highest BCUT2D eigenvalue weighted by Gasteiger charge is 2.29. The molecule has 11 aromatic rings. The first kappa shape index (κ1) is 42.1. The summed E-state index contributed by atoms with van der Waals surface area (Å²) in [6.45, 7) is 0. The van der Waals surface area contributed by atoms with E-state index in [1.165, 1.54) is 174 Å². The van der Waals surface area contributed by atoms with Crippen molar-refractivity contribution < 1.29 is 0 Å². The molecule has 0 aliphatic carbocycles. The van der Waals surface area contributed by atoms with Crippen LogP contribution in [0.1, 0.15) is 0 Å². The third kappa shape index (κ3) is 5.60. The van der Waals surface area contributed by atoms with Crippen molar-refractivity contribution in [2.45, 2.75) is 0 Å². The Kier molecular flexibility index (Phi) is 9.73. The van der Waals surface area contributed by atoms with Gasteiger partial charge in [-0.3, -0.25) is 0 Å². The van der Waals surface area contributed by atoms with E-state index in [4.69, 9.17) is 0 Å². The summed E-state index contributed by atoms with van der Waals surface area (Å²) in [7, 11) is 33.1. The zero-order valence-electron chi connectivity index (χ0n) is 40.5. The largest absolute Gasteiger partial charge is 0.310 e. The molecule has 0 aliphatic rings. The molecule has 0 saturated carbocycles. The number of hydrogen-bond acceptors (Lipinski definition) is 1. The molecule has 0 aliphatic heterocycles. The SMILES string of the molecule is Bc1c(B)c(B)c2c(c1B)c1c(B)c(-c3c(B)c(B)c4c(c3B)c3c(B)c(B)c(B)c(B)c3n4-c3cccc4c3sc3c(-c5ccccc5)cccc34)c(B)c(B)c1n2-c1ccccc1. The average molecular weight is 832 g/mol. The smallest absolute Gasteiger partial charge is 0.141 e. The van der Waals surface area contributed by atoms with Gasteiger partial charge in [0.1, 0.15) is 110 Å². The second-order valence-corrected chi connectivity index (χ2v) is 20.2. The molecule has 0 unspecified atom stereocenters. The van der Waals surface area contributed by atoms with Crippen molar-refractivity contribution in [2.24, 2.45) is 0 Å². The Bertz CT molecular complexity index is 3930. The fraction of sp³-hybridized carbons (Fsp3) is 0. The van der Waals surface area contributed by atoms with Crippen LogP contribution in [0.5, 0.6) is 0 Å². The van der Waals surface area contributed by atoms with Crippen LogP contribution in [0.15, 0.2) is 97.1 Å². The fourth-order valence-corrected chi connectivity index (χ4v) is 13.4. The molecule has 0 spiro atoms. The minimum atomic E-state index is 1.21. The summed E-state index contributed by atoms with van der Waals surface area (Å²) in [5, 5.41) is 8.18. The molecule has 294 valence electrons. The third-order valence-electron chi connectivity index (χ3n) is 16.4. The number of aromatic nitrogens is 2. The van der Waals surface area contributed by atoms with Crippen LogP contribution < -0.4 is 76.5 Å². The van der Waals surface area contributed by atoms with Gasteiger partial charge in [0.05, 0.1) is 10.4 Å². The first-order chi connectivity index (χ1) is 31.2. The number of nitrogens with zero attached hydrogens (tertiary/aromatic N) is 2. The van der Waals surface area contributed by atoms with Crippen molar-refractivity contribution in [2.75, 3.05) is 0 Å². The zero-order chi connectivity index (χ0) is 45.7. The molecule has 0 N–H and O–H groups in total. The summed E-state index contributed by atoms with van der Waals surface area (Å²) in [4.78, 5) is 0. The third-order valence-corrected chi connectivity index (χ3v) is 17.6. The van der Waals surface area contributed by atoms with Gasteiger partial charge in [0.25, 0.3) is 0 Å². The molecule has 0 fully saturated rings. The maximum atomic E-state index is 2.68. The van der Waals surface area contributed by atoms with Crippen molar-refractivity contribution in [3.8, 4) is 33.6 Å². The number of para-hydroxylation sites is 1. The van der Waals surface area contributed by atoms with E-state index in [9.17, 15) is 0 Å². The highest BCUT2D eigenvalue weighted by atomic mass is 32.1. The molecule has 0 bridgehead atoms. The maximum absolute atomic E-state index is 2.68.